The molecule has 0 atom stereocenters. The van der Waals surface area contributed by atoms with Gasteiger partial charge in [-0.3, -0.25) is 0 Å². The molecule has 0 aliphatic carbocycles. The minimum absolute atomic E-state index is 0.162. The highest BCUT2D eigenvalue weighted by Gasteiger charge is 2.28. The van der Waals surface area contributed by atoms with E-state index in [1.54, 1.807) is 18.2 Å². The van der Waals surface area contributed by atoms with Crippen LogP contribution in [0, 0.1) is 0 Å². The monoisotopic (exact) mass is 550 g/mol. The van der Waals surface area contributed by atoms with Gasteiger partial charge in [0.1, 0.15) is 12.3 Å². The highest BCUT2D eigenvalue weighted by atomic mass is 32.2. The molecule has 206 valence electrons. The molecule has 0 amide bonds. The number of fused-ring (bicyclic) bond motifs is 1. The Bertz CT molecular complexity index is 1410. The number of rotatable bonds is 9. The molecule has 11 heteroatoms. The van der Waals surface area contributed by atoms with Gasteiger partial charge in [0.2, 0.25) is 0 Å². The topological polar surface area (TPSA) is 75.6 Å². The summed E-state index contributed by atoms with van der Waals surface area (Å²) in [6, 6.07) is 10.3. The van der Waals surface area contributed by atoms with Crippen LogP contribution in [0.15, 0.2) is 53.6 Å². The fourth-order valence-electron chi connectivity index (χ4n) is 4.65. The van der Waals surface area contributed by atoms with Crippen molar-refractivity contribution in [3.05, 3.63) is 54.2 Å². The summed E-state index contributed by atoms with van der Waals surface area (Å²) in [5.41, 5.74) is 2.74. The Labute approximate surface area is 221 Å². The molecule has 38 heavy (non-hydrogen) atoms. The van der Waals surface area contributed by atoms with Crippen molar-refractivity contribution in [1.82, 2.24) is 9.47 Å². The Morgan fingerprint density at radius 3 is 2.50 bits per heavy atom. The van der Waals surface area contributed by atoms with Crippen LogP contribution in [0.3, 0.4) is 0 Å². The Morgan fingerprint density at radius 1 is 1.11 bits per heavy atom. The van der Waals surface area contributed by atoms with E-state index in [4.69, 9.17) is 4.74 Å². The minimum atomic E-state index is -4.32. The van der Waals surface area contributed by atoms with E-state index < -0.39 is 22.6 Å². The van der Waals surface area contributed by atoms with Crippen LogP contribution in [0.5, 0.6) is 5.75 Å². The number of hydrogen-bond acceptors (Lipinski definition) is 6. The number of hydrogen-bond donors (Lipinski definition) is 2. The predicted molar refractivity (Wildman–Crippen MR) is 146 cm³/mol. The molecule has 0 bridgehead atoms. The average Bonchev–Trinajstić information content (AvgIpc) is 3.24. The molecule has 1 saturated heterocycles. The molecule has 7 nitrogen and oxygen atoms in total. The lowest BCUT2D eigenvalue weighted by Crippen LogP contribution is -2.36. The lowest BCUT2D eigenvalue weighted by Gasteiger charge is -2.30. The van der Waals surface area contributed by atoms with Gasteiger partial charge >= 0.3 is 6.18 Å². The average molecular weight is 551 g/mol. The number of nitrogens with one attached hydrogen (secondary N) is 2. The zero-order valence-corrected chi connectivity index (χ0v) is 22.5. The zero-order valence-electron chi connectivity index (χ0n) is 21.7. The number of nitrogens with zero attached hydrogens (tertiary/aromatic N) is 2. The highest BCUT2D eigenvalue weighted by molar-refractivity contribution is 7.90. The van der Waals surface area contributed by atoms with E-state index in [0.717, 1.165) is 48.8 Å². The first kappa shape index (κ1) is 27.8. The summed E-state index contributed by atoms with van der Waals surface area (Å²) in [4.78, 5) is 2.43. The molecular formula is C27H33F3N4O3S. The number of likely N-dealkylation sites (tertiary alicyclic amines) is 1. The Kier molecular flexibility index (Phi) is 8.27. The van der Waals surface area contributed by atoms with Crippen LogP contribution in [0.4, 0.5) is 24.5 Å². The number of benzene rings is 2. The Hall–Kier alpha value is -3.18. The lowest BCUT2D eigenvalue weighted by molar-refractivity contribution is -0.139. The van der Waals surface area contributed by atoms with E-state index >= 15 is 0 Å². The summed E-state index contributed by atoms with van der Waals surface area (Å²) < 4.78 is 69.8. The van der Waals surface area contributed by atoms with Gasteiger partial charge in [0, 0.05) is 42.2 Å². The molecule has 4 rings (SSSR count). The Balaban J connectivity index is 1.56. The molecule has 2 heterocycles. The Morgan fingerprint density at radius 2 is 1.84 bits per heavy atom. The van der Waals surface area contributed by atoms with Crippen molar-refractivity contribution in [2.45, 2.75) is 36.5 Å². The predicted octanol–water partition coefficient (Wildman–Crippen LogP) is 5.25. The summed E-state index contributed by atoms with van der Waals surface area (Å²) in [6.45, 7) is 1.28. The molecular weight excluding hydrogens is 517 g/mol. The molecule has 0 radical (unpaired) electrons. The maximum absolute atomic E-state index is 13.2. The van der Waals surface area contributed by atoms with Gasteiger partial charge in [0.25, 0.3) is 0 Å². The maximum atomic E-state index is 13.2. The van der Waals surface area contributed by atoms with Crippen molar-refractivity contribution in [2.75, 3.05) is 50.7 Å². The first-order valence-electron chi connectivity index (χ1n) is 12.4. The smallest absolute Gasteiger partial charge is 0.406 e. The van der Waals surface area contributed by atoms with Crippen molar-refractivity contribution >= 4 is 38.2 Å². The number of halogens is 3. The molecule has 0 saturated carbocycles. The number of piperidine rings is 1. The van der Waals surface area contributed by atoms with Crippen molar-refractivity contribution < 1.29 is 26.3 Å². The van der Waals surface area contributed by atoms with E-state index in [-0.39, 0.29) is 10.9 Å². The zero-order chi connectivity index (χ0) is 27.5. The highest BCUT2D eigenvalue weighted by Crippen LogP contribution is 2.32. The van der Waals surface area contributed by atoms with E-state index in [9.17, 15) is 21.6 Å². The number of methoxy groups -OCH3 is 1. The number of anilines is 2. The third kappa shape index (κ3) is 7.02. The van der Waals surface area contributed by atoms with Crippen LogP contribution < -0.4 is 15.4 Å². The second kappa shape index (κ2) is 11.3. The summed E-state index contributed by atoms with van der Waals surface area (Å²) in [6.07, 6.45) is 3.94. The van der Waals surface area contributed by atoms with E-state index in [0.29, 0.717) is 23.5 Å². The van der Waals surface area contributed by atoms with Crippen LogP contribution in [0.1, 0.15) is 18.4 Å². The van der Waals surface area contributed by atoms with Gasteiger partial charge in [-0.05, 0) is 68.9 Å². The summed E-state index contributed by atoms with van der Waals surface area (Å²) in [5.74, 6) is 0.400. The van der Waals surface area contributed by atoms with Gasteiger partial charge in [0.15, 0.2) is 9.84 Å². The summed E-state index contributed by atoms with van der Waals surface area (Å²) in [7, 11) is 0.187. The first-order chi connectivity index (χ1) is 17.9. The minimum Gasteiger partial charge on any atom is -0.495 e. The van der Waals surface area contributed by atoms with Crippen LogP contribution in [0.25, 0.3) is 17.0 Å². The quantitative estimate of drug-likeness (QED) is 0.379. The second-order valence-electron chi connectivity index (χ2n) is 9.70. The molecule has 1 fully saturated rings. The maximum Gasteiger partial charge on any atom is 0.406 e. The van der Waals surface area contributed by atoms with Crippen molar-refractivity contribution in [3.8, 4) is 5.75 Å². The van der Waals surface area contributed by atoms with Crippen LogP contribution in [-0.4, -0.2) is 70.2 Å². The normalized spacial score (nSPS) is 15.8. The molecule has 3 aromatic rings. The molecule has 1 aliphatic rings. The van der Waals surface area contributed by atoms with Gasteiger partial charge in [-0.2, -0.15) is 13.2 Å². The van der Waals surface area contributed by atoms with E-state index in [2.05, 4.69) is 22.6 Å². The number of alkyl halides is 3. The van der Waals surface area contributed by atoms with Crippen LogP contribution in [-0.2, 0) is 16.4 Å². The van der Waals surface area contributed by atoms with Crippen molar-refractivity contribution in [3.63, 3.8) is 0 Å². The van der Waals surface area contributed by atoms with Gasteiger partial charge in [-0.1, -0.05) is 12.2 Å². The second-order valence-corrected chi connectivity index (χ2v) is 11.7. The van der Waals surface area contributed by atoms with Crippen LogP contribution >= 0.6 is 0 Å². The molecule has 1 aromatic heterocycles. The van der Waals surface area contributed by atoms with E-state index in [1.165, 1.54) is 30.0 Å². The molecule has 2 aromatic carbocycles. The van der Waals surface area contributed by atoms with Gasteiger partial charge in [0.05, 0.1) is 23.2 Å². The van der Waals surface area contributed by atoms with Gasteiger partial charge < -0.3 is 24.8 Å². The summed E-state index contributed by atoms with van der Waals surface area (Å²) >= 11 is 0. The van der Waals surface area contributed by atoms with Crippen molar-refractivity contribution in [2.24, 2.45) is 0 Å². The SMILES string of the molecule is COc1cc(S(C)(=O)=O)ccc1NC/C=C\c1cc(NC2CCN(C)CC2)c2ccn(CC(F)(F)F)c2c1. The van der Waals surface area contributed by atoms with Crippen molar-refractivity contribution in [1.29, 1.82) is 0 Å². The van der Waals surface area contributed by atoms with Gasteiger partial charge in [-0.25, -0.2) is 8.42 Å². The summed E-state index contributed by atoms with van der Waals surface area (Å²) in [5, 5.41) is 7.53. The standard InChI is InChI=1S/C27H33F3N4O3S/c1-33-12-8-20(9-13-33)32-24-15-19(16-25-22(24)10-14-34(25)18-27(28,29)30)5-4-11-31-23-7-6-21(38(3,35)36)17-26(23)37-2/h4-7,10,14-17,20,31-32H,8-9,11-13,18H2,1-3H3/b5-4-. The fourth-order valence-corrected chi connectivity index (χ4v) is 5.29. The first-order valence-corrected chi connectivity index (χ1v) is 14.3. The molecule has 1 aliphatic heterocycles. The third-order valence-electron chi connectivity index (χ3n) is 6.66. The largest absolute Gasteiger partial charge is 0.495 e. The van der Waals surface area contributed by atoms with Gasteiger partial charge in [-0.15, -0.1) is 0 Å². The lowest BCUT2D eigenvalue weighted by atomic mass is 10.0. The van der Waals surface area contributed by atoms with E-state index in [1.807, 2.05) is 18.2 Å². The third-order valence-corrected chi connectivity index (χ3v) is 7.77. The molecule has 2 N–H and O–H groups in total. The number of ether oxygens (including phenoxy) is 1. The molecule has 0 spiro atoms. The van der Waals surface area contributed by atoms with Crippen LogP contribution in [0.2, 0.25) is 0 Å². The number of aromatic nitrogens is 1. The fraction of sp³-hybridized carbons (Fsp3) is 0.407. The molecule has 0 unspecified atom stereocenters. The number of sulfone groups is 1.